The number of hydrogen-bond acceptors (Lipinski definition) is 8. The second-order valence-electron chi connectivity index (χ2n) is 6.85. The molecule has 0 aromatic carbocycles. The molecule has 4 atom stereocenters. The fourth-order valence-electron chi connectivity index (χ4n) is 2.19. The number of nitrogens with two attached hydrogens (primary N) is 1. The van der Waals surface area contributed by atoms with Gasteiger partial charge in [0.1, 0.15) is 18.1 Å². The molecule has 13 heteroatoms. The topological polar surface area (TPSA) is 208 Å². The Labute approximate surface area is 178 Å². The van der Waals surface area contributed by atoms with Crippen molar-refractivity contribution in [2.45, 2.75) is 50.9 Å². The van der Waals surface area contributed by atoms with Crippen molar-refractivity contribution in [3.63, 3.8) is 0 Å². The van der Waals surface area contributed by atoms with Crippen LogP contribution in [0.5, 0.6) is 0 Å². The lowest BCUT2D eigenvalue weighted by Gasteiger charge is -2.24. The Morgan fingerprint density at radius 1 is 0.900 bits per heavy atom. The summed E-state index contributed by atoms with van der Waals surface area (Å²) in [6.45, 7) is 2.46. The third-order valence-corrected chi connectivity index (χ3v) is 4.72. The Morgan fingerprint density at radius 2 is 1.40 bits per heavy atom. The van der Waals surface area contributed by atoms with Crippen LogP contribution in [0.4, 0.5) is 0 Å². The van der Waals surface area contributed by atoms with Gasteiger partial charge in [0.25, 0.3) is 0 Å². The number of thioether (sulfide) groups is 1. The highest BCUT2D eigenvalue weighted by Gasteiger charge is 2.31. The Balaban J connectivity index is 5.22. The van der Waals surface area contributed by atoms with Crippen LogP contribution in [0.2, 0.25) is 0 Å². The van der Waals surface area contributed by atoms with Crippen molar-refractivity contribution < 1.29 is 39.3 Å². The van der Waals surface area contributed by atoms with Crippen molar-refractivity contribution in [3.05, 3.63) is 0 Å². The van der Waals surface area contributed by atoms with Gasteiger partial charge >= 0.3 is 11.9 Å². The van der Waals surface area contributed by atoms with Crippen LogP contribution in [0.1, 0.15) is 26.7 Å². The SMILES string of the molecule is CSCCC(NC(=O)C(CO)NC(=O)C(CC(=O)O)NC(=O)C(N)C(C)C)C(=O)O. The molecule has 0 spiro atoms. The summed E-state index contributed by atoms with van der Waals surface area (Å²) >= 11 is 1.38. The maximum absolute atomic E-state index is 12.4. The molecule has 0 aliphatic carbocycles. The monoisotopic (exact) mass is 450 g/mol. The maximum atomic E-state index is 12.4. The molecule has 0 aliphatic rings. The fourth-order valence-corrected chi connectivity index (χ4v) is 2.66. The number of carbonyl (C=O) groups excluding carboxylic acids is 3. The van der Waals surface area contributed by atoms with Gasteiger partial charge in [-0.3, -0.25) is 19.2 Å². The second kappa shape index (κ2) is 13.8. The van der Waals surface area contributed by atoms with Crippen LogP contribution >= 0.6 is 11.8 Å². The van der Waals surface area contributed by atoms with Gasteiger partial charge in [0.05, 0.1) is 19.1 Å². The Bertz CT molecular complexity index is 631. The number of carboxylic acids is 2. The smallest absolute Gasteiger partial charge is 0.326 e. The van der Waals surface area contributed by atoms with E-state index in [2.05, 4.69) is 16.0 Å². The number of aliphatic carboxylic acids is 2. The molecule has 172 valence electrons. The number of aliphatic hydroxyl groups excluding tert-OH is 1. The second-order valence-corrected chi connectivity index (χ2v) is 7.84. The van der Waals surface area contributed by atoms with E-state index in [0.29, 0.717) is 5.75 Å². The number of nitrogens with one attached hydrogen (secondary N) is 3. The van der Waals surface area contributed by atoms with Crippen LogP contribution in [0, 0.1) is 5.92 Å². The molecule has 0 bridgehead atoms. The zero-order chi connectivity index (χ0) is 23.4. The first kappa shape index (κ1) is 27.6. The van der Waals surface area contributed by atoms with Gasteiger partial charge in [-0.05, 0) is 24.3 Å². The van der Waals surface area contributed by atoms with Crippen LogP contribution < -0.4 is 21.7 Å². The van der Waals surface area contributed by atoms with Gasteiger partial charge in [0.2, 0.25) is 17.7 Å². The molecule has 0 saturated carbocycles. The summed E-state index contributed by atoms with van der Waals surface area (Å²) in [6.07, 6.45) is 1.10. The van der Waals surface area contributed by atoms with Gasteiger partial charge in [0, 0.05) is 0 Å². The number of amides is 3. The molecule has 0 radical (unpaired) electrons. The Hall–Kier alpha value is -2.38. The lowest BCUT2D eigenvalue weighted by molar-refractivity contribution is -0.143. The molecular weight excluding hydrogens is 420 g/mol. The molecule has 0 heterocycles. The van der Waals surface area contributed by atoms with Gasteiger partial charge in [-0.1, -0.05) is 13.8 Å². The van der Waals surface area contributed by atoms with E-state index < -0.39 is 66.9 Å². The van der Waals surface area contributed by atoms with Crippen molar-refractivity contribution in [1.82, 2.24) is 16.0 Å². The molecule has 0 fully saturated rings. The van der Waals surface area contributed by atoms with E-state index in [9.17, 15) is 29.1 Å². The molecule has 8 N–H and O–H groups in total. The molecule has 3 amide bonds. The minimum absolute atomic E-state index is 0.124. The zero-order valence-corrected chi connectivity index (χ0v) is 17.9. The summed E-state index contributed by atoms with van der Waals surface area (Å²) < 4.78 is 0. The first-order chi connectivity index (χ1) is 13.9. The molecular formula is C17H30N4O8S. The third kappa shape index (κ3) is 9.89. The predicted molar refractivity (Wildman–Crippen MR) is 109 cm³/mol. The predicted octanol–water partition coefficient (Wildman–Crippen LogP) is -2.27. The van der Waals surface area contributed by atoms with Gasteiger partial charge in [0.15, 0.2) is 0 Å². The van der Waals surface area contributed by atoms with E-state index >= 15 is 0 Å². The zero-order valence-electron chi connectivity index (χ0n) is 17.1. The highest BCUT2D eigenvalue weighted by Crippen LogP contribution is 2.03. The summed E-state index contributed by atoms with van der Waals surface area (Å²) in [5, 5.41) is 34.2. The van der Waals surface area contributed by atoms with E-state index in [-0.39, 0.29) is 12.3 Å². The number of aliphatic hydroxyl groups is 1. The lowest BCUT2D eigenvalue weighted by atomic mass is 10.0. The summed E-state index contributed by atoms with van der Waals surface area (Å²) in [7, 11) is 0. The lowest BCUT2D eigenvalue weighted by Crippen LogP contribution is -2.58. The van der Waals surface area contributed by atoms with Gasteiger partial charge in [-0.2, -0.15) is 11.8 Å². The fraction of sp³-hybridized carbons (Fsp3) is 0.706. The third-order valence-electron chi connectivity index (χ3n) is 4.07. The van der Waals surface area contributed by atoms with E-state index in [1.807, 2.05) is 0 Å². The summed E-state index contributed by atoms with van der Waals surface area (Å²) in [4.78, 5) is 59.1. The molecule has 12 nitrogen and oxygen atoms in total. The standard InChI is InChI=1S/C17H30N4O8S/c1-8(2)13(18)16(27)20-10(6-12(23)24)14(25)21-11(7-22)15(26)19-9(17(28)29)4-5-30-3/h8-11,13,22H,4-7,18H2,1-3H3,(H,19,26)(H,20,27)(H,21,25)(H,23,24)(H,28,29). The van der Waals surface area contributed by atoms with Crippen molar-refractivity contribution in [2.75, 3.05) is 18.6 Å². The molecule has 0 saturated heterocycles. The quantitative estimate of drug-likeness (QED) is 0.151. The minimum atomic E-state index is -1.55. The average molecular weight is 451 g/mol. The number of hydrogen-bond donors (Lipinski definition) is 7. The maximum Gasteiger partial charge on any atom is 0.326 e. The van der Waals surface area contributed by atoms with E-state index in [1.165, 1.54) is 11.8 Å². The van der Waals surface area contributed by atoms with Gasteiger partial charge < -0.3 is 37.0 Å². The normalized spacial score (nSPS) is 14.9. The van der Waals surface area contributed by atoms with Gasteiger partial charge in [-0.25, -0.2) is 4.79 Å². The largest absolute Gasteiger partial charge is 0.481 e. The van der Waals surface area contributed by atoms with E-state index in [0.717, 1.165) is 0 Å². The molecule has 0 aromatic heterocycles. The van der Waals surface area contributed by atoms with Crippen LogP contribution in [0.15, 0.2) is 0 Å². The molecule has 4 unspecified atom stereocenters. The van der Waals surface area contributed by atoms with Crippen LogP contribution in [0.25, 0.3) is 0 Å². The first-order valence-corrected chi connectivity index (χ1v) is 10.5. The molecule has 0 aliphatic heterocycles. The molecule has 0 rings (SSSR count). The van der Waals surface area contributed by atoms with E-state index in [4.69, 9.17) is 15.9 Å². The Kier molecular flexibility index (Phi) is 12.7. The van der Waals surface area contributed by atoms with Gasteiger partial charge in [-0.15, -0.1) is 0 Å². The summed E-state index contributed by atoms with van der Waals surface area (Å²) in [6, 6.07) is -5.30. The number of carboxylic acid groups (broad SMARTS) is 2. The molecule has 30 heavy (non-hydrogen) atoms. The van der Waals surface area contributed by atoms with E-state index in [1.54, 1.807) is 20.1 Å². The highest BCUT2D eigenvalue weighted by molar-refractivity contribution is 7.98. The number of rotatable bonds is 14. The van der Waals surface area contributed by atoms with Crippen LogP contribution in [-0.4, -0.2) is 87.8 Å². The highest BCUT2D eigenvalue weighted by atomic mass is 32.2. The first-order valence-electron chi connectivity index (χ1n) is 9.15. The number of carbonyl (C=O) groups is 5. The summed E-state index contributed by atoms with van der Waals surface area (Å²) in [5.74, 6) is -5.23. The van der Waals surface area contributed by atoms with Crippen LogP contribution in [-0.2, 0) is 24.0 Å². The van der Waals surface area contributed by atoms with Crippen molar-refractivity contribution in [1.29, 1.82) is 0 Å². The summed E-state index contributed by atoms with van der Waals surface area (Å²) in [5.41, 5.74) is 5.69. The average Bonchev–Trinajstić information content (AvgIpc) is 2.66. The van der Waals surface area contributed by atoms with Crippen molar-refractivity contribution >= 4 is 41.4 Å². The minimum Gasteiger partial charge on any atom is -0.481 e. The van der Waals surface area contributed by atoms with Crippen molar-refractivity contribution in [3.8, 4) is 0 Å². The molecule has 0 aromatic rings. The van der Waals surface area contributed by atoms with Crippen molar-refractivity contribution in [2.24, 2.45) is 11.7 Å². The Morgan fingerprint density at radius 3 is 1.83 bits per heavy atom. The van der Waals surface area contributed by atoms with Crippen LogP contribution in [0.3, 0.4) is 0 Å².